The molecule has 2 unspecified atom stereocenters. The highest BCUT2D eigenvalue weighted by molar-refractivity contribution is 5.93. The number of hydrogen-bond acceptors (Lipinski definition) is 12. The zero-order chi connectivity index (χ0) is 42.8. The summed E-state index contributed by atoms with van der Waals surface area (Å²) < 4.78 is 46.3. The van der Waals surface area contributed by atoms with Gasteiger partial charge in [-0.15, -0.1) is 0 Å². The summed E-state index contributed by atoms with van der Waals surface area (Å²) in [4.78, 5) is 50.6. The average molecular weight is 817 g/mol. The van der Waals surface area contributed by atoms with Crippen LogP contribution in [0.2, 0.25) is 0 Å². The lowest BCUT2D eigenvalue weighted by Crippen LogP contribution is -2.43. The predicted octanol–water partition coefficient (Wildman–Crippen LogP) is 9.43. The summed E-state index contributed by atoms with van der Waals surface area (Å²) >= 11 is 0. The number of carbonyl (C=O) groups excluding carboxylic acids is 4. The maximum atomic E-state index is 13.0. The van der Waals surface area contributed by atoms with Gasteiger partial charge in [-0.2, -0.15) is 0 Å². The molecule has 4 aliphatic rings. The molecule has 0 aliphatic carbocycles. The minimum atomic E-state index is -1.09. The Bertz CT molecular complexity index is 1810. The third-order valence-electron chi connectivity index (χ3n) is 10.6. The molecule has 12 heteroatoms. The molecule has 59 heavy (non-hydrogen) atoms. The molecule has 320 valence electrons. The Balaban J connectivity index is 1.21. The van der Waals surface area contributed by atoms with Crippen LogP contribution in [0.5, 0.6) is 0 Å². The van der Waals surface area contributed by atoms with E-state index in [1.54, 1.807) is 85.1 Å². The first-order valence-electron chi connectivity index (χ1n) is 20.8. The zero-order valence-electron chi connectivity index (χ0n) is 35.3. The van der Waals surface area contributed by atoms with E-state index in [-0.39, 0.29) is 36.3 Å². The summed E-state index contributed by atoms with van der Waals surface area (Å²) in [6, 6.07) is 0. The summed E-state index contributed by atoms with van der Waals surface area (Å²) in [5.74, 6) is -5.56. The van der Waals surface area contributed by atoms with Gasteiger partial charge in [-0.3, -0.25) is 0 Å². The molecule has 0 N–H and O–H groups in total. The van der Waals surface area contributed by atoms with Crippen molar-refractivity contribution in [1.29, 1.82) is 0 Å². The fourth-order valence-electron chi connectivity index (χ4n) is 6.65. The van der Waals surface area contributed by atoms with Crippen LogP contribution < -0.4 is 0 Å². The van der Waals surface area contributed by atoms with E-state index < -0.39 is 35.1 Å². The van der Waals surface area contributed by atoms with Crippen LogP contribution in [0.15, 0.2) is 120 Å². The smallest absolute Gasteiger partial charge is 0.344 e. The molecule has 4 rings (SSSR count). The Morgan fingerprint density at radius 1 is 0.458 bits per heavy atom. The van der Waals surface area contributed by atoms with Crippen LogP contribution >= 0.6 is 0 Å². The van der Waals surface area contributed by atoms with Crippen molar-refractivity contribution in [3.8, 4) is 0 Å². The van der Waals surface area contributed by atoms with E-state index in [9.17, 15) is 19.2 Å². The van der Waals surface area contributed by atoms with Crippen molar-refractivity contribution < 1.29 is 57.1 Å². The summed E-state index contributed by atoms with van der Waals surface area (Å²) in [5.41, 5.74) is 1.45. The Kier molecular flexibility index (Phi) is 17.5. The maximum absolute atomic E-state index is 13.0. The van der Waals surface area contributed by atoms with Gasteiger partial charge in [0.05, 0.1) is 35.5 Å². The number of hydrogen-bond donors (Lipinski definition) is 0. The van der Waals surface area contributed by atoms with Gasteiger partial charge in [0.25, 0.3) is 11.6 Å². The van der Waals surface area contributed by atoms with E-state index in [1.165, 1.54) is 12.5 Å². The Morgan fingerprint density at radius 2 is 0.831 bits per heavy atom. The molecule has 12 nitrogen and oxygen atoms in total. The third kappa shape index (κ3) is 12.9. The van der Waals surface area contributed by atoms with Crippen molar-refractivity contribution >= 4 is 23.9 Å². The molecule has 0 saturated carbocycles. The Hall–Kier alpha value is -5.20. The van der Waals surface area contributed by atoms with Crippen molar-refractivity contribution in [3.05, 3.63) is 120 Å². The van der Waals surface area contributed by atoms with Crippen molar-refractivity contribution in [2.45, 2.75) is 135 Å². The van der Waals surface area contributed by atoms with Crippen LogP contribution in [-0.4, -0.2) is 60.2 Å². The lowest BCUT2D eigenvalue weighted by molar-refractivity contribution is -0.244. The second-order valence-corrected chi connectivity index (χ2v) is 14.5. The van der Waals surface area contributed by atoms with Gasteiger partial charge in [0.2, 0.25) is 11.6 Å². The molecule has 0 spiro atoms. The van der Waals surface area contributed by atoms with Crippen molar-refractivity contribution in [2.75, 3.05) is 13.2 Å². The standard InChI is InChI=1S/C47H60O12/c1-7-29-47(55-35-39(43(51)59-47)28-22-18-14-16-20-26-37-33-53-45(10-4,11-5)57-41(37)49)31-24-23-30-46(12-6)54-34-38(42(50)58-46)27-21-17-13-15-19-25-36-32-52-44(8-2,9-3)56-40(36)48/h13-22,25-28,34-35H,7-12,23-24,29-33H2,1-6H3/b17-13+,18-14+,19-15+,20-16+,27-21+,28-22+,36-25-,37-26-. The second kappa shape index (κ2) is 22.2. The minimum absolute atomic E-state index is 0.198. The second-order valence-electron chi connectivity index (χ2n) is 14.5. The quantitative estimate of drug-likeness (QED) is 0.0380. The number of allylic oxidation sites excluding steroid dienone is 12. The van der Waals surface area contributed by atoms with E-state index >= 15 is 0 Å². The van der Waals surface area contributed by atoms with Gasteiger partial charge < -0.3 is 37.9 Å². The van der Waals surface area contributed by atoms with E-state index in [0.717, 1.165) is 6.42 Å². The number of ether oxygens (including phenoxy) is 8. The number of cyclic esters (lactones) is 4. The summed E-state index contributed by atoms with van der Waals surface area (Å²) in [6.07, 6.45) is 33.1. The fraction of sp³-hybridized carbons (Fsp3) is 0.489. The molecular formula is C47H60O12. The molecule has 4 aliphatic heterocycles. The highest BCUT2D eigenvalue weighted by Gasteiger charge is 2.42. The number of unbranched alkanes of at least 4 members (excludes halogenated alkanes) is 1. The van der Waals surface area contributed by atoms with Crippen LogP contribution in [0.1, 0.15) is 112 Å². The summed E-state index contributed by atoms with van der Waals surface area (Å²) in [5, 5.41) is 0. The largest absolute Gasteiger partial charge is 0.459 e. The van der Waals surface area contributed by atoms with Crippen LogP contribution in [0.3, 0.4) is 0 Å². The minimum Gasteiger partial charge on any atom is -0.459 e. The molecule has 0 aromatic carbocycles. The van der Waals surface area contributed by atoms with Crippen molar-refractivity contribution in [3.63, 3.8) is 0 Å². The SMILES string of the molecule is CCCC1(CCCCC2(CC)OC=C(/C=C/C=C/C=C/C=C3/COC(CC)(CC)OC3=O)C(=O)O2)OC=C(/C=C/C=C/C=C/C=C2/COC(CC)(CC)OC2=O)C(=O)O1. The normalized spacial score (nSPS) is 26.1. The van der Waals surface area contributed by atoms with E-state index in [0.29, 0.717) is 75.4 Å². The zero-order valence-corrected chi connectivity index (χ0v) is 35.3. The molecule has 2 atom stereocenters. The first kappa shape index (κ1) is 46.5. The molecular weight excluding hydrogens is 757 g/mol. The van der Waals surface area contributed by atoms with Crippen LogP contribution in [0.25, 0.3) is 0 Å². The van der Waals surface area contributed by atoms with Gasteiger partial charge in [-0.1, -0.05) is 102 Å². The molecule has 0 amide bonds. The molecule has 0 radical (unpaired) electrons. The Labute approximate surface area is 348 Å². The average Bonchev–Trinajstić information content (AvgIpc) is 3.24. The fourth-order valence-corrected chi connectivity index (χ4v) is 6.65. The van der Waals surface area contributed by atoms with Gasteiger partial charge in [0, 0.05) is 51.4 Å². The number of carbonyl (C=O) groups is 4. The molecule has 0 bridgehead atoms. The molecule has 4 heterocycles. The monoisotopic (exact) mass is 816 g/mol. The van der Waals surface area contributed by atoms with Gasteiger partial charge in [-0.05, 0) is 43.6 Å². The lowest BCUT2D eigenvalue weighted by Gasteiger charge is -2.37. The van der Waals surface area contributed by atoms with Gasteiger partial charge in [-0.25, -0.2) is 19.2 Å². The molecule has 0 aromatic heterocycles. The van der Waals surface area contributed by atoms with Gasteiger partial charge >= 0.3 is 23.9 Å². The van der Waals surface area contributed by atoms with E-state index in [4.69, 9.17) is 37.9 Å². The van der Waals surface area contributed by atoms with Crippen LogP contribution in [-0.2, 0) is 57.1 Å². The lowest BCUT2D eigenvalue weighted by atomic mass is 9.98. The van der Waals surface area contributed by atoms with Gasteiger partial charge in [0.15, 0.2) is 0 Å². The van der Waals surface area contributed by atoms with Crippen molar-refractivity contribution in [2.24, 2.45) is 0 Å². The molecule has 0 aromatic rings. The van der Waals surface area contributed by atoms with E-state index in [2.05, 4.69) is 0 Å². The summed E-state index contributed by atoms with van der Waals surface area (Å²) in [6.45, 7) is 12.0. The highest BCUT2D eigenvalue weighted by atomic mass is 16.7. The van der Waals surface area contributed by atoms with Crippen molar-refractivity contribution in [1.82, 2.24) is 0 Å². The summed E-state index contributed by atoms with van der Waals surface area (Å²) in [7, 11) is 0. The third-order valence-corrected chi connectivity index (χ3v) is 10.6. The predicted molar refractivity (Wildman–Crippen MR) is 221 cm³/mol. The molecule has 2 fully saturated rings. The Morgan fingerprint density at radius 3 is 1.24 bits per heavy atom. The number of esters is 4. The topological polar surface area (TPSA) is 142 Å². The number of rotatable bonds is 20. The van der Waals surface area contributed by atoms with Crippen LogP contribution in [0, 0.1) is 0 Å². The maximum Gasteiger partial charge on any atom is 0.344 e. The van der Waals surface area contributed by atoms with Gasteiger partial charge in [0.1, 0.15) is 12.5 Å². The first-order chi connectivity index (χ1) is 28.4. The van der Waals surface area contributed by atoms with E-state index in [1.807, 2.05) is 41.5 Å². The highest BCUT2D eigenvalue weighted by Crippen LogP contribution is 2.36. The molecule has 2 saturated heterocycles. The first-order valence-corrected chi connectivity index (χ1v) is 20.8. The van der Waals surface area contributed by atoms with Crippen LogP contribution in [0.4, 0.5) is 0 Å².